The number of aromatic nitrogens is 2. The molecule has 7 heteroatoms. The number of hydrogen-bond acceptors (Lipinski definition) is 6. The summed E-state index contributed by atoms with van der Waals surface area (Å²) < 4.78 is 4.29. The molecule has 3 rings (SSSR count). The number of amides is 1. The average molecular weight is 327 g/mol. The van der Waals surface area contributed by atoms with Crippen molar-refractivity contribution in [3.8, 4) is 17.5 Å². The summed E-state index contributed by atoms with van der Waals surface area (Å²) >= 11 is 1.22. The van der Waals surface area contributed by atoms with Gasteiger partial charge in [-0.05, 0) is 31.4 Å². The summed E-state index contributed by atoms with van der Waals surface area (Å²) in [5.74, 6) is 0.674. The van der Waals surface area contributed by atoms with Gasteiger partial charge in [-0.3, -0.25) is 4.79 Å². The van der Waals surface area contributed by atoms with Gasteiger partial charge in [0.05, 0.1) is 18.2 Å². The van der Waals surface area contributed by atoms with Gasteiger partial charge < -0.3 is 10.2 Å². The lowest BCUT2D eigenvalue weighted by atomic mass is 10.1. The van der Waals surface area contributed by atoms with Gasteiger partial charge in [0.25, 0.3) is 0 Å². The van der Waals surface area contributed by atoms with Crippen LogP contribution in [0.25, 0.3) is 11.4 Å². The molecule has 1 aromatic carbocycles. The van der Waals surface area contributed by atoms with Gasteiger partial charge >= 0.3 is 0 Å². The average Bonchev–Trinajstić information content (AvgIpc) is 3.09. The van der Waals surface area contributed by atoms with Crippen LogP contribution in [0.1, 0.15) is 24.8 Å². The first kappa shape index (κ1) is 15.4. The van der Waals surface area contributed by atoms with Crippen LogP contribution in [0.5, 0.6) is 0 Å². The minimum atomic E-state index is 0.105. The van der Waals surface area contributed by atoms with Crippen LogP contribution in [0.2, 0.25) is 0 Å². The predicted octanol–water partition coefficient (Wildman–Crippen LogP) is 2.50. The Kier molecular flexibility index (Phi) is 4.83. The van der Waals surface area contributed by atoms with Crippen LogP contribution in [-0.2, 0) is 4.79 Å². The summed E-state index contributed by atoms with van der Waals surface area (Å²) in [6.45, 7) is 1.94. The van der Waals surface area contributed by atoms with E-state index in [1.165, 1.54) is 18.0 Å². The third-order valence-corrected chi connectivity index (χ3v) is 4.45. The maximum Gasteiger partial charge on any atom is 0.241 e. The maximum absolute atomic E-state index is 12.1. The van der Waals surface area contributed by atoms with Crippen LogP contribution >= 0.6 is 11.5 Å². The summed E-state index contributed by atoms with van der Waals surface area (Å²) in [5.41, 5.74) is 1.38. The molecule has 1 fully saturated rings. The molecule has 2 aromatic rings. The Hall–Kier alpha value is -2.46. The number of benzene rings is 1. The van der Waals surface area contributed by atoms with Gasteiger partial charge in [-0.15, -0.1) is 0 Å². The quantitative estimate of drug-likeness (QED) is 0.933. The van der Waals surface area contributed by atoms with E-state index in [0.29, 0.717) is 16.5 Å². The number of rotatable bonds is 4. The van der Waals surface area contributed by atoms with Gasteiger partial charge in [0.2, 0.25) is 11.0 Å². The lowest BCUT2D eigenvalue weighted by molar-refractivity contribution is -0.130. The Balaban J connectivity index is 1.61. The zero-order chi connectivity index (χ0) is 16.1. The molecule has 0 saturated carbocycles. The number of nitriles is 1. The van der Waals surface area contributed by atoms with Crippen molar-refractivity contribution in [2.45, 2.75) is 19.3 Å². The number of piperidine rings is 1. The second kappa shape index (κ2) is 7.20. The van der Waals surface area contributed by atoms with Crippen molar-refractivity contribution in [3.63, 3.8) is 0 Å². The fraction of sp³-hybridized carbons (Fsp3) is 0.375. The first-order chi connectivity index (χ1) is 11.3. The van der Waals surface area contributed by atoms with Crippen LogP contribution in [-0.4, -0.2) is 39.8 Å². The fourth-order valence-corrected chi connectivity index (χ4v) is 3.13. The van der Waals surface area contributed by atoms with Crippen molar-refractivity contribution in [1.29, 1.82) is 5.26 Å². The molecule has 0 radical (unpaired) electrons. The van der Waals surface area contributed by atoms with Gasteiger partial charge in [-0.2, -0.15) is 14.6 Å². The van der Waals surface area contributed by atoms with E-state index in [4.69, 9.17) is 5.26 Å². The Morgan fingerprint density at radius 3 is 2.96 bits per heavy atom. The lowest BCUT2D eigenvalue weighted by Gasteiger charge is -2.26. The number of carbonyl (C=O) groups excluding carboxylic acids is 1. The SMILES string of the molecule is N#Cc1cccc(-c2nsc(NCC(=O)N3CCCCC3)n2)c1. The van der Waals surface area contributed by atoms with Crippen molar-refractivity contribution in [1.82, 2.24) is 14.3 Å². The zero-order valence-corrected chi connectivity index (χ0v) is 13.5. The van der Waals surface area contributed by atoms with Crippen LogP contribution in [0.3, 0.4) is 0 Å². The number of anilines is 1. The standard InChI is InChI=1S/C16H17N5OS/c17-10-12-5-4-6-13(9-12)15-19-16(23-20-15)18-11-14(22)21-7-2-1-3-8-21/h4-6,9H,1-3,7-8,11H2,(H,18,19,20). The molecule has 0 spiro atoms. The summed E-state index contributed by atoms with van der Waals surface area (Å²) in [5, 5.41) is 12.6. The number of likely N-dealkylation sites (tertiary alicyclic amines) is 1. The largest absolute Gasteiger partial charge is 0.351 e. The highest BCUT2D eigenvalue weighted by Crippen LogP contribution is 2.21. The predicted molar refractivity (Wildman–Crippen MR) is 89.0 cm³/mol. The van der Waals surface area contributed by atoms with Crippen molar-refractivity contribution >= 4 is 22.6 Å². The van der Waals surface area contributed by atoms with E-state index in [9.17, 15) is 4.79 Å². The van der Waals surface area contributed by atoms with Crippen LogP contribution < -0.4 is 5.32 Å². The van der Waals surface area contributed by atoms with Crippen LogP contribution in [0, 0.1) is 11.3 Å². The topological polar surface area (TPSA) is 81.9 Å². The highest BCUT2D eigenvalue weighted by molar-refractivity contribution is 7.09. The van der Waals surface area contributed by atoms with E-state index in [2.05, 4.69) is 20.7 Å². The number of carbonyl (C=O) groups is 1. The summed E-state index contributed by atoms with van der Waals surface area (Å²) in [7, 11) is 0. The molecule has 0 aliphatic carbocycles. The van der Waals surface area contributed by atoms with Gasteiger partial charge in [0.15, 0.2) is 5.82 Å². The molecule has 6 nitrogen and oxygen atoms in total. The zero-order valence-electron chi connectivity index (χ0n) is 12.7. The summed E-state index contributed by atoms with van der Waals surface area (Å²) in [6.07, 6.45) is 3.38. The highest BCUT2D eigenvalue weighted by Gasteiger charge is 2.16. The van der Waals surface area contributed by atoms with Crippen molar-refractivity contribution in [3.05, 3.63) is 29.8 Å². The third-order valence-electron chi connectivity index (χ3n) is 3.78. The summed E-state index contributed by atoms with van der Waals surface area (Å²) in [6, 6.07) is 9.27. The Labute approximate surface area is 138 Å². The molecule has 1 aliphatic rings. The lowest BCUT2D eigenvalue weighted by Crippen LogP contribution is -2.39. The Bertz CT molecular complexity index is 730. The number of hydrogen-bond donors (Lipinski definition) is 1. The van der Waals surface area contributed by atoms with Crippen molar-refractivity contribution in [2.75, 3.05) is 25.0 Å². The molecular weight excluding hydrogens is 310 g/mol. The first-order valence-electron chi connectivity index (χ1n) is 7.62. The Morgan fingerprint density at radius 1 is 1.35 bits per heavy atom. The highest BCUT2D eigenvalue weighted by atomic mass is 32.1. The van der Waals surface area contributed by atoms with Crippen LogP contribution in [0.15, 0.2) is 24.3 Å². The van der Waals surface area contributed by atoms with Crippen LogP contribution in [0.4, 0.5) is 5.13 Å². The Morgan fingerprint density at radius 2 is 2.17 bits per heavy atom. The minimum Gasteiger partial charge on any atom is -0.351 e. The molecule has 1 aliphatic heterocycles. The first-order valence-corrected chi connectivity index (χ1v) is 8.39. The number of nitrogens with one attached hydrogen (secondary N) is 1. The minimum absolute atomic E-state index is 0.105. The van der Waals surface area contributed by atoms with Crippen molar-refractivity contribution < 1.29 is 4.79 Å². The van der Waals surface area contributed by atoms with E-state index in [1.54, 1.807) is 12.1 Å². The molecule has 1 aromatic heterocycles. The monoisotopic (exact) mass is 327 g/mol. The number of nitrogens with zero attached hydrogens (tertiary/aromatic N) is 4. The van der Waals surface area contributed by atoms with E-state index < -0.39 is 0 Å². The molecule has 0 bridgehead atoms. The molecule has 0 atom stereocenters. The van der Waals surface area contributed by atoms with Crippen molar-refractivity contribution in [2.24, 2.45) is 0 Å². The maximum atomic E-state index is 12.1. The molecule has 1 saturated heterocycles. The van der Waals surface area contributed by atoms with E-state index in [0.717, 1.165) is 31.5 Å². The van der Waals surface area contributed by atoms with E-state index >= 15 is 0 Å². The molecule has 1 amide bonds. The molecule has 1 N–H and O–H groups in total. The second-order valence-corrected chi connectivity index (χ2v) is 6.16. The van der Waals surface area contributed by atoms with Gasteiger partial charge in [-0.25, -0.2) is 0 Å². The molecule has 0 unspecified atom stereocenters. The van der Waals surface area contributed by atoms with E-state index in [1.807, 2.05) is 17.0 Å². The van der Waals surface area contributed by atoms with Gasteiger partial charge in [0, 0.05) is 30.2 Å². The van der Waals surface area contributed by atoms with E-state index in [-0.39, 0.29) is 12.5 Å². The molecule has 23 heavy (non-hydrogen) atoms. The second-order valence-electron chi connectivity index (χ2n) is 5.41. The van der Waals surface area contributed by atoms with Gasteiger partial charge in [0.1, 0.15) is 0 Å². The normalized spacial score (nSPS) is 14.3. The molecule has 2 heterocycles. The molecule has 118 valence electrons. The summed E-state index contributed by atoms with van der Waals surface area (Å²) in [4.78, 5) is 18.4. The molecular formula is C16H17N5OS. The smallest absolute Gasteiger partial charge is 0.241 e. The third kappa shape index (κ3) is 3.85. The van der Waals surface area contributed by atoms with Gasteiger partial charge in [-0.1, -0.05) is 12.1 Å². The fourth-order valence-electron chi connectivity index (χ4n) is 2.55.